The van der Waals surface area contributed by atoms with Crippen LogP contribution >= 0.6 is 0 Å². The molecule has 0 amide bonds. The molecule has 9 heteroatoms. The number of likely N-dealkylation sites (tertiary alicyclic amines) is 1. The molecule has 2 aromatic rings. The van der Waals surface area contributed by atoms with E-state index in [1.807, 2.05) is 30.7 Å². The lowest BCUT2D eigenvalue weighted by Gasteiger charge is -2.49. The number of anilines is 1. The van der Waals surface area contributed by atoms with Gasteiger partial charge < -0.3 is 34.7 Å². The van der Waals surface area contributed by atoms with E-state index >= 15 is 0 Å². The van der Waals surface area contributed by atoms with Gasteiger partial charge in [0.2, 0.25) is 0 Å². The van der Waals surface area contributed by atoms with Gasteiger partial charge >= 0.3 is 0 Å². The second kappa shape index (κ2) is 6.61. The number of hydrogen-bond acceptors (Lipinski definition) is 8. The van der Waals surface area contributed by atoms with E-state index in [0.29, 0.717) is 11.2 Å². The first-order chi connectivity index (χ1) is 14.4. The van der Waals surface area contributed by atoms with E-state index in [-0.39, 0.29) is 24.5 Å². The Morgan fingerprint density at radius 1 is 1.23 bits per heavy atom. The molecule has 4 aliphatic heterocycles. The van der Waals surface area contributed by atoms with Gasteiger partial charge in [0, 0.05) is 37.8 Å². The van der Waals surface area contributed by atoms with Crippen molar-refractivity contribution in [2.75, 3.05) is 38.5 Å². The van der Waals surface area contributed by atoms with Gasteiger partial charge in [-0.25, -0.2) is 9.97 Å². The monoisotopic (exact) mass is 414 g/mol. The number of nitrogens with one attached hydrogen (secondary N) is 1. The molecule has 4 aliphatic rings. The van der Waals surface area contributed by atoms with Gasteiger partial charge in [0.25, 0.3) is 0 Å². The molecule has 0 aliphatic carbocycles. The zero-order chi connectivity index (χ0) is 20.5. The molecule has 4 fully saturated rings. The highest BCUT2D eigenvalue weighted by atomic mass is 16.8. The van der Waals surface area contributed by atoms with Crippen molar-refractivity contribution in [1.82, 2.24) is 24.8 Å². The van der Waals surface area contributed by atoms with E-state index in [2.05, 4.69) is 20.2 Å². The molecular weight excluding hydrogens is 384 g/mol. The third-order valence-electron chi connectivity index (χ3n) is 7.12. The van der Waals surface area contributed by atoms with Crippen LogP contribution in [0.25, 0.3) is 11.0 Å². The standard InChI is InChI=1S/C21H30N6O3/c1-20(2)29-15-14(8-26-6-3-5-21(11-26)9-23-10-21)28-19(16(15)30-20)27-7-4-13-17(22)24-12-25-18(13)27/h4,7,12,14-16,19,23H,3,5-6,8-11H2,1-2H3,(H2,22,24,25)/t14-,15-,16-,19-/m1/s1. The summed E-state index contributed by atoms with van der Waals surface area (Å²) >= 11 is 0. The maximum atomic E-state index is 6.59. The predicted molar refractivity (Wildman–Crippen MR) is 111 cm³/mol. The van der Waals surface area contributed by atoms with Gasteiger partial charge in [-0.3, -0.25) is 0 Å². The number of piperidine rings is 1. The maximum Gasteiger partial charge on any atom is 0.164 e. The van der Waals surface area contributed by atoms with Gasteiger partial charge in [-0.15, -0.1) is 0 Å². The van der Waals surface area contributed by atoms with Crippen molar-refractivity contribution in [3.63, 3.8) is 0 Å². The van der Waals surface area contributed by atoms with E-state index in [1.165, 1.54) is 19.2 Å². The van der Waals surface area contributed by atoms with Crippen LogP contribution in [0.2, 0.25) is 0 Å². The molecule has 2 aromatic heterocycles. The van der Waals surface area contributed by atoms with E-state index < -0.39 is 5.79 Å². The molecule has 4 atom stereocenters. The highest BCUT2D eigenvalue weighted by molar-refractivity contribution is 5.86. The summed E-state index contributed by atoms with van der Waals surface area (Å²) in [5.41, 5.74) is 7.25. The molecule has 4 saturated heterocycles. The summed E-state index contributed by atoms with van der Waals surface area (Å²) in [5.74, 6) is -0.158. The summed E-state index contributed by atoms with van der Waals surface area (Å²) in [6, 6.07) is 1.94. The van der Waals surface area contributed by atoms with Gasteiger partial charge in [0.05, 0.1) is 5.39 Å². The normalized spacial score (nSPS) is 35.0. The fourth-order valence-electron chi connectivity index (χ4n) is 5.71. The van der Waals surface area contributed by atoms with Gasteiger partial charge in [-0.05, 0) is 39.3 Å². The van der Waals surface area contributed by atoms with Crippen LogP contribution in [0.15, 0.2) is 18.6 Å². The first kappa shape index (κ1) is 18.9. The van der Waals surface area contributed by atoms with Gasteiger partial charge in [0.1, 0.15) is 36.1 Å². The highest BCUT2D eigenvalue weighted by Crippen LogP contribution is 2.45. The zero-order valence-corrected chi connectivity index (χ0v) is 17.6. The maximum absolute atomic E-state index is 6.59. The molecule has 0 aromatic carbocycles. The minimum Gasteiger partial charge on any atom is -0.383 e. The number of nitrogens with zero attached hydrogens (tertiary/aromatic N) is 4. The Morgan fingerprint density at radius 3 is 2.87 bits per heavy atom. The van der Waals surface area contributed by atoms with Crippen molar-refractivity contribution in [1.29, 1.82) is 0 Å². The summed E-state index contributed by atoms with van der Waals surface area (Å²) in [4.78, 5) is 11.1. The average molecular weight is 415 g/mol. The lowest BCUT2D eigenvalue weighted by atomic mass is 9.75. The van der Waals surface area contributed by atoms with Crippen LogP contribution in [-0.4, -0.2) is 76.3 Å². The molecule has 0 unspecified atom stereocenters. The van der Waals surface area contributed by atoms with Crippen molar-refractivity contribution in [3.8, 4) is 0 Å². The number of nitrogen functional groups attached to an aromatic ring is 1. The van der Waals surface area contributed by atoms with E-state index in [0.717, 1.165) is 43.8 Å². The van der Waals surface area contributed by atoms with Crippen molar-refractivity contribution in [2.45, 2.75) is 57.0 Å². The average Bonchev–Trinajstić information content (AvgIpc) is 3.33. The Kier molecular flexibility index (Phi) is 4.17. The number of nitrogens with two attached hydrogens (primary N) is 1. The predicted octanol–water partition coefficient (Wildman–Crippen LogP) is 1.12. The number of hydrogen-bond donors (Lipinski definition) is 2. The summed E-state index contributed by atoms with van der Waals surface area (Å²) < 4.78 is 21.2. The number of aromatic nitrogens is 3. The minimum atomic E-state index is -0.631. The Morgan fingerprint density at radius 2 is 2.07 bits per heavy atom. The molecule has 0 radical (unpaired) electrons. The highest BCUT2D eigenvalue weighted by Gasteiger charge is 2.56. The molecular formula is C21H30N6O3. The number of fused-ring (bicyclic) bond motifs is 2. The molecule has 30 heavy (non-hydrogen) atoms. The molecule has 6 rings (SSSR count). The van der Waals surface area contributed by atoms with E-state index in [1.54, 1.807) is 0 Å². The van der Waals surface area contributed by atoms with Gasteiger partial charge in [0.15, 0.2) is 12.0 Å². The summed E-state index contributed by atoms with van der Waals surface area (Å²) in [6.45, 7) is 9.31. The molecule has 3 N–H and O–H groups in total. The molecule has 9 nitrogen and oxygen atoms in total. The Balaban J connectivity index is 1.28. The van der Waals surface area contributed by atoms with Crippen LogP contribution in [-0.2, 0) is 14.2 Å². The van der Waals surface area contributed by atoms with Crippen molar-refractivity contribution in [3.05, 3.63) is 18.6 Å². The lowest BCUT2D eigenvalue weighted by Crippen LogP contribution is -2.61. The Hall–Kier alpha value is -1.78. The van der Waals surface area contributed by atoms with Crippen molar-refractivity contribution >= 4 is 16.9 Å². The van der Waals surface area contributed by atoms with Crippen LogP contribution in [0.4, 0.5) is 5.82 Å². The number of rotatable bonds is 3. The molecule has 0 saturated carbocycles. The number of ether oxygens (including phenoxy) is 3. The third kappa shape index (κ3) is 2.95. The Bertz CT molecular complexity index is 957. The van der Waals surface area contributed by atoms with Gasteiger partial charge in [-0.2, -0.15) is 0 Å². The van der Waals surface area contributed by atoms with Gasteiger partial charge in [-0.1, -0.05) is 0 Å². The minimum absolute atomic E-state index is 0.0541. The van der Waals surface area contributed by atoms with E-state index in [4.69, 9.17) is 19.9 Å². The molecule has 162 valence electrons. The molecule has 0 bridgehead atoms. The summed E-state index contributed by atoms with van der Waals surface area (Å²) in [5, 5.41) is 4.28. The lowest BCUT2D eigenvalue weighted by molar-refractivity contribution is -0.198. The van der Waals surface area contributed by atoms with Crippen molar-refractivity contribution < 1.29 is 14.2 Å². The molecule has 1 spiro atoms. The third-order valence-corrected chi connectivity index (χ3v) is 7.12. The SMILES string of the molecule is CC1(C)O[C@@H]2[C@H](O1)[C@@H](CN1CCCC3(CNC3)C1)O[C@H]2n1ccc2c(N)ncnc21. The first-order valence-electron chi connectivity index (χ1n) is 10.9. The van der Waals surface area contributed by atoms with Crippen LogP contribution in [0.3, 0.4) is 0 Å². The quantitative estimate of drug-likeness (QED) is 0.771. The molecule has 6 heterocycles. The fourth-order valence-corrected chi connectivity index (χ4v) is 5.71. The summed E-state index contributed by atoms with van der Waals surface area (Å²) in [7, 11) is 0. The zero-order valence-electron chi connectivity index (χ0n) is 17.6. The largest absolute Gasteiger partial charge is 0.383 e. The smallest absolute Gasteiger partial charge is 0.164 e. The Labute approximate surface area is 175 Å². The topological polar surface area (TPSA) is 99.7 Å². The van der Waals surface area contributed by atoms with Crippen molar-refractivity contribution in [2.24, 2.45) is 5.41 Å². The van der Waals surface area contributed by atoms with E-state index in [9.17, 15) is 0 Å². The van der Waals surface area contributed by atoms with Crippen LogP contribution in [0.5, 0.6) is 0 Å². The first-order valence-corrected chi connectivity index (χ1v) is 10.9. The second-order valence-electron chi connectivity index (χ2n) is 9.79. The fraction of sp³-hybridized carbons (Fsp3) is 0.714. The second-order valence-corrected chi connectivity index (χ2v) is 9.79. The summed E-state index contributed by atoms with van der Waals surface area (Å²) in [6.07, 6.45) is 5.35. The van der Waals surface area contributed by atoms with Crippen LogP contribution < -0.4 is 11.1 Å². The van der Waals surface area contributed by atoms with Crippen LogP contribution in [0.1, 0.15) is 32.9 Å². The van der Waals surface area contributed by atoms with Crippen LogP contribution in [0, 0.1) is 5.41 Å².